The zero-order valence-electron chi connectivity index (χ0n) is 13.4. The van der Waals surface area contributed by atoms with E-state index < -0.39 is 0 Å². The average molecular weight is 340 g/mol. The SMILES string of the molecule is O=C(NCCSc1ccccc1)c1ccc(N2CCCC2=O)cc1. The number of carbonyl (C=O) groups is 2. The summed E-state index contributed by atoms with van der Waals surface area (Å²) >= 11 is 1.72. The van der Waals surface area contributed by atoms with Gasteiger partial charge in [-0.15, -0.1) is 11.8 Å². The summed E-state index contributed by atoms with van der Waals surface area (Å²) in [5.41, 5.74) is 1.49. The second-order valence-corrected chi connectivity index (χ2v) is 6.78. The van der Waals surface area contributed by atoms with Crippen LogP contribution in [0, 0.1) is 0 Å². The zero-order valence-corrected chi connectivity index (χ0v) is 14.2. The number of hydrogen-bond acceptors (Lipinski definition) is 3. The molecule has 1 N–H and O–H groups in total. The molecule has 4 nitrogen and oxygen atoms in total. The predicted molar refractivity (Wildman–Crippen MR) is 97.5 cm³/mol. The van der Waals surface area contributed by atoms with E-state index in [1.54, 1.807) is 28.8 Å². The highest BCUT2D eigenvalue weighted by molar-refractivity contribution is 7.99. The van der Waals surface area contributed by atoms with Gasteiger partial charge in [0.05, 0.1) is 0 Å². The van der Waals surface area contributed by atoms with Gasteiger partial charge in [-0.2, -0.15) is 0 Å². The highest BCUT2D eigenvalue weighted by Gasteiger charge is 2.21. The van der Waals surface area contributed by atoms with Crippen molar-refractivity contribution in [3.8, 4) is 0 Å². The lowest BCUT2D eigenvalue weighted by molar-refractivity contribution is -0.117. The van der Waals surface area contributed by atoms with Crippen LogP contribution in [0.25, 0.3) is 0 Å². The van der Waals surface area contributed by atoms with E-state index in [1.807, 2.05) is 30.3 Å². The third kappa shape index (κ3) is 4.17. The summed E-state index contributed by atoms with van der Waals surface area (Å²) < 4.78 is 0. The van der Waals surface area contributed by atoms with Crippen LogP contribution in [-0.4, -0.2) is 30.7 Å². The van der Waals surface area contributed by atoms with E-state index in [0.717, 1.165) is 24.4 Å². The summed E-state index contributed by atoms with van der Waals surface area (Å²) in [4.78, 5) is 26.9. The maximum atomic E-state index is 12.2. The second kappa shape index (κ2) is 8.02. The Morgan fingerprint density at radius 1 is 1.08 bits per heavy atom. The van der Waals surface area contributed by atoms with Gasteiger partial charge in [0.25, 0.3) is 5.91 Å². The van der Waals surface area contributed by atoms with E-state index in [9.17, 15) is 9.59 Å². The fraction of sp³-hybridized carbons (Fsp3) is 0.263. The summed E-state index contributed by atoms with van der Waals surface area (Å²) in [7, 11) is 0. The molecule has 0 bridgehead atoms. The van der Waals surface area contributed by atoms with Crippen molar-refractivity contribution >= 4 is 29.3 Å². The molecule has 2 aromatic carbocycles. The Labute approximate surface area is 146 Å². The largest absolute Gasteiger partial charge is 0.351 e. The number of amides is 2. The zero-order chi connectivity index (χ0) is 16.8. The molecule has 1 aliphatic heterocycles. The lowest BCUT2D eigenvalue weighted by atomic mass is 10.2. The molecule has 2 aromatic rings. The van der Waals surface area contributed by atoms with Crippen LogP contribution >= 0.6 is 11.8 Å². The molecule has 3 rings (SSSR count). The molecular formula is C19H20N2O2S. The van der Waals surface area contributed by atoms with E-state index in [4.69, 9.17) is 0 Å². The van der Waals surface area contributed by atoms with Crippen LogP contribution in [0.3, 0.4) is 0 Å². The second-order valence-electron chi connectivity index (χ2n) is 5.61. The van der Waals surface area contributed by atoms with Crippen molar-refractivity contribution in [1.29, 1.82) is 0 Å². The molecule has 0 spiro atoms. The van der Waals surface area contributed by atoms with Gasteiger partial charge in [-0.05, 0) is 42.8 Å². The molecule has 0 unspecified atom stereocenters. The molecule has 1 aliphatic rings. The Kier molecular flexibility index (Phi) is 5.54. The highest BCUT2D eigenvalue weighted by Crippen LogP contribution is 2.21. The standard InChI is InChI=1S/C19H20N2O2S/c22-18-7-4-13-21(18)16-10-8-15(9-11-16)19(23)20-12-14-24-17-5-2-1-3-6-17/h1-3,5-6,8-11H,4,7,12-14H2,(H,20,23). The van der Waals surface area contributed by atoms with Gasteiger partial charge in [0.2, 0.25) is 5.91 Å². The molecule has 0 saturated carbocycles. The van der Waals surface area contributed by atoms with Crippen molar-refractivity contribution in [2.24, 2.45) is 0 Å². The fourth-order valence-electron chi connectivity index (χ4n) is 2.67. The van der Waals surface area contributed by atoms with Gasteiger partial charge < -0.3 is 10.2 Å². The monoisotopic (exact) mass is 340 g/mol. The number of thioether (sulfide) groups is 1. The number of rotatable bonds is 6. The summed E-state index contributed by atoms with van der Waals surface area (Å²) in [5, 5.41) is 2.93. The summed E-state index contributed by atoms with van der Waals surface area (Å²) in [6.45, 7) is 1.38. The Morgan fingerprint density at radius 3 is 2.50 bits per heavy atom. The topological polar surface area (TPSA) is 49.4 Å². The van der Waals surface area contributed by atoms with Gasteiger partial charge in [-0.3, -0.25) is 9.59 Å². The molecule has 0 aliphatic carbocycles. The summed E-state index contributed by atoms with van der Waals surface area (Å²) in [6.07, 6.45) is 1.52. The Morgan fingerprint density at radius 2 is 1.83 bits per heavy atom. The van der Waals surface area contributed by atoms with Crippen molar-refractivity contribution in [2.45, 2.75) is 17.7 Å². The van der Waals surface area contributed by atoms with E-state index >= 15 is 0 Å². The minimum atomic E-state index is -0.0806. The van der Waals surface area contributed by atoms with Crippen LogP contribution in [0.4, 0.5) is 5.69 Å². The third-order valence-electron chi connectivity index (χ3n) is 3.91. The van der Waals surface area contributed by atoms with Crippen LogP contribution in [0.1, 0.15) is 23.2 Å². The van der Waals surface area contributed by atoms with Crippen LogP contribution in [-0.2, 0) is 4.79 Å². The van der Waals surface area contributed by atoms with Gasteiger partial charge in [-0.1, -0.05) is 18.2 Å². The smallest absolute Gasteiger partial charge is 0.251 e. The molecule has 1 fully saturated rings. The molecule has 2 amide bonds. The lowest BCUT2D eigenvalue weighted by Gasteiger charge is -2.15. The third-order valence-corrected chi connectivity index (χ3v) is 4.93. The first-order valence-corrected chi connectivity index (χ1v) is 9.09. The van der Waals surface area contributed by atoms with Crippen molar-refractivity contribution in [1.82, 2.24) is 5.32 Å². The molecule has 1 heterocycles. The van der Waals surface area contributed by atoms with Crippen molar-refractivity contribution < 1.29 is 9.59 Å². The summed E-state index contributed by atoms with van der Waals surface area (Å²) in [6, 6.07) is 17.4. The molecule has 0 atom stereocenters. The predicted octanol–water partition coefficient (Wildman–Crippen LogP) is 3.34. The number of benzene rings is 2. The molecule has 5 heteroatoms. The molecular weight excluding hydrogens is 320 g/mol. The van der Waals surface area contributed by atoms with E-state index in [1.165, 1.54) is 4.90 Å². The maximum Gasteiger partial charge on any atom is 0.251 e. The van der Waals surface area contributed by atoms with Crippen LogP contribution in [0.15, 0.2) is 59.5 Å². The number of nitrogens with one attached hydrogen (secondary N) is 1. The summed E-state index contributed by atoms with van der Waals surface area (Å²) in [5.74, 6) is 0.906. The first-order chi connectivity index (χ1) is 11.7. The van der Waals surface area contributed by atoms with Crippen LogP contribution in [0.5, 0.6) is 0 Å². The minimum Gasteiger partial charge on any atom is -0.351 e. The van der Waals surface area contributed by atoms with Crippen LogP contribution < -0.4 is 10.2 Å². The Bertz CT molecular complexity index is 701. The average Bonchev–Trinajstić information content (AvgIpc) is 3.05. The number of hydrogen-bond donors (Lipinski definition) is 1. The van der Waals surface area contributed by atoms with Gasteiger partial charge in [0, 0.05) is 41.4 Å². The Hall–Kier alpha value is -2.27. The van der Waals surface area contributed by atoms with Crippen molar-refractivity contribution in [3.05, 3.63) is 60.2 Å². The number of anilines is 1. The Balaban J connectivity index is 1.47. The van der Waals surface area contributed by atoms with Gasteiger partial charge in [0.15, 0.2) is 0 Å². The normalized spacial score (nSPS) is 14.0. The van der Waals surface area contributed by atoms with Crippen LogP contribution in [0.2, 0.25) is 0 Å². The quantitative estimate of drug-likeness (QED) is 0.648. The first-order valence-electron chi connectivity index (χ1n) is 8.10. The van der Waals surface area contributed by atoms with E-state index in [-0.39, 0.29) is 11.8 Å². The molecule has 124 valence electrons. The number of carbonyl (C=O) groups excluding carboxylic acids is 2. The fourth-order valence-corrected chi connectivity index (χ4v) is 3.46. The lowest BCUT2D eigenvalue weighted by Crippen LogP contribution is -2.26. The van der Waals surface area contributed by atoms with Gasteiger partial charge in [0.1, 0.15) is 0 Å². The number of nitrogens with zero attached hydrogens (tertiary/aromatic N) is 1. The molecule has 0 aromatic heterocycles. The molecule has 0 radical (unpaired) electrons. The van der Waals surface area contributed by atoms with Gasteiger partial charge >= 0.3 is 0 Å². The molecule has 1 saturated heterocycles. The van der Waals surface area contributed by atoms with E-state index in [0.29, 0.717) is 18.5 Å². The first kappa shape index (κ1) is 16.6. The van der Waals surface area contributed by atoms with E-state index in [2.05, 4.69) is 17.4 Å². The van der Waals surface area contributed by atoms with Gasteiger partial charge in [-0.25, -0.2) is 0 Å². The van der Waals surface area contributed by atoms with Crippen molar-refractivity contribution in [2.75, 3.05) is 23.7 Å². The molecule has 24 heavy (non-hydrogen) atoms. The van der Waals surface area contributed by atoms with Crippen molar-refractivity contribution in [3.63, 3.8) is 0 Å². The highest BCUT2D eigenvalue weighted by atomic mass is 32.2. The maximum absolute atomic E-state index is 12.2. The minimum absolute atomic E-state index is 0.0806.